The summed E-state index contributed by atoms with van der Waals surface area (Å²) in [4.78, 5) is 23.3. The first kappa shape index (κ1) is 14.5. The van der Waals surface area contributed by atoms with Crippen LogP contribution in [-0.2, 0) is 4.74 Å². The van der Waals surface area contributed by atoms with Crippen LogP contribution in [0.5, 0.6) is 0 Å². The van der Waals surface area contributed by atoms with Crippen LogP contribution in [0.15, 0.2) is 18.2 Å². The highest BCUT2D eigenvalue weighted by Crippen LogP contribution is 2.25. The fraction of sp³-hybridized carbons (Fsp3) is 0.500. The summed E-state index contributed by atoms with van der Waals surface area (Å²) < 4.78 is 5.67. The summed E-state index contributed by atoms with van der Waals surface area (Å²) in [5.74, 6) is 0. The number of non-ortho nitro benzene ring substituents is 1. The molecule has 0 aliphatic carbocycles. The van der Waals surface area contributed by atoms with Crippen LogP contribution >= 0.6 is 0 Å². The molecule has 2 rings (SSSR count). The van der Waals surface area contributed by atoms with Gasteiger partial charge in [0.2, 0.25) is 0 Å². The van der Waals surface area contributed by atoms with Crippen molar-refractivity contribution in [3.8, 4) is 0 Å². The Bertz CT molecular complexity index is 498. The second-order valence-corrected chi connectivity index (χ2v) is 4.99. The van der Waals surface area contributed by atoms with E-state index < -0.39 is 4.92 Å². The number of nitrogens with zero attached hydrogens (tertiary/aromatic N) is 2. The van der Waals surface area contributed by atoms with Gasteiger partial charge >= 0.3 is 0 Å². The fourth-order valence-corrected chi connectivity index (χ4v) is 2.45. The number of carbonyl (C=O) groups excluding carboxylic acids is 1. The zero-order valence-corrected chi connectivity index (χ0v) is 11.4. The van der Waals surface area contributed by atoms with E-state index in [4.69, 9.17) is 4.74 Å². The van der Waals surface area contributed by atoms with Crippen LogP contribution < -0.4 is 4.90 Å². The van der Waals surface area contributed by atoms with E-state index in [2.05, 4.69) is 0 Å². The second-order valence-electron chi connectivity index (χ2n) is 4.99. The molecule has 0 aromatic heterocycles. The molecule has 1 aliphatic rings. The Labute approximate surface area is 117 Å². The Balaban J connectivity index is 2.13. The van der Waals surface area contributed by atoms with Crippen molar-refractivity contribution in [3.05, 3.63) is 33.9 Å². The van der Waals surface area contributed by atoms with Crippen LogP contribution in [0.1, 0.15) is 29.6 Å². The van der Waals surface area contributed by atoms with Gasteiger partial charge < -0.3 is 9.64 Å². The lowest BCUT2D eigenvalue weighted by Gasteiger charge is -2.29. The number of aldehydes is 1. The maximum atomic E-state index is 11.1. The number of benzene rings is 1. The van der Waals surface area contributed by atoms with E-state index in [0.717, 1.165) is 25.9 Å². The average Bonchev–Trinajstić information content (AvgIpc) is 2.47. The van der Waals surface area contributed by atoms with Crippen LogP contribution in [-0.4, -0.2) is 37.5 Å². The zero-order chi connectivity index (χ0) is 14.5. The minimum absolute atomic E-state index is 0.0711. The molecule has 0 saturated carbocycles. The van der Waals surface area contributed by atoms with Gasteiger partial charge in [0.25, 0.3) is 5.69 Å². The highest BCUT2D eigenvalue weighted by molar-refractivity contribution is 5.85. The molecule has 6 heteroatoms. The number of nitro benzene ring substituents is 1. The van der Waals surface area contributed by atoms with Gasteiger partial charge in [-0.25, -0.2) is 0 Å². The largest absolute Gasteiger partial charge is 0.376 e. The molecule has 0 radical (unpaired) electrons. The third kappa shape index (κ3) is 3.33. The predicted octanol–water partition coefficient (Wildman–Crippen LogP) is 2.41. The standard InChI is InChI=1S/C14H18N2O4/c1-15(9-13-4-2-3-7-20-13)14-6-5-12(16(18)19)8-11(14)10-17/h5-6,8,10,13H,2-4,7,9H2,1H3. The minimum Gasteiger partial charge on any atom is -0.376 e. The van der Waals surface area contributed by atoms with Gasteiger partial charge in [-0.15, -0.1) is 0 Å². The molecule has 1 aromatic rings. The Kier molecular flexibility index (Phi) is 4.68. The molecule has 6 nitrogen and oxygen atoms in total. The van der Waals surface area contributed by atoms with E-state index in [1.807, 2.05) is 11.9 Å². The van der Waals surface area contributed by atoms with Crippen molar-refractivity contribution in [2.75, 3.05) is 25.1 Å². The van der Waals surface area contributed by atoms with Crippen molar-refractivity contribution in [2.45, 2.75) is 25.4 Å². The molecule has 1 aromatic carbocycles. The monoisotopic (exact) mass is 278 g/mol. The molecular weight excluding hydrogens is 260 g/mol. The molecule has 1 saturated heterocycles. The van der Waals surface area contributed by atoms with E-state index in [1.54, 1.807) is 6.07 Å². The predicted molar refractivity (Wildman–Crippen MR) is 75.3 cm³/mol. The van der Waals surface area contributed by atoms with Crippen LogP contribution in [0.4, 0.5) is 11.4 Å². The van der Waals surface area contributed by atoms with Gasteiger partial charge in [0.1, 0.15) is 0 Å². The summed E-state index contributed by atoms with van der Waals surface area (Å²) in [6.07, 6.45) is 4.06. The summed E-state index contributed by atoms with van der Waals surface area (Å²) >= 11 is 0. The first-order valence-electron chi connectivity index (χ1n) is 6.68. The van der Waals surface area contributed by atoms with E-state index in [-0.39, 0.29) is 11.8 Å². The third-order valence-corrected chi connectivity index (χ3v) is 3.51. The van der Waals surface area contributed by atoms with E-state index in [0.29, 0.717) is 24.1 Å². The van der Waals surface area contributed by atoms with Gasteiger partial charge in [-0.2, -0.15) is 0 Å². The van der Waals surface area contributed by atoms with Crippen molar-refractivity contribution in [1.29, 1.82) is 0 Å². The molecule has 1 heterocycles. The van der Waals surface area contributed by atoms with Crippen molar-refractivity contribution in [1.82, 2.24) is 0 Å². The Morgan fingerprint density at radius 3 is 2.90 bits per heavy atom. The molecule has 1 aliphatic heterocycles. The van der Waals surface area contributed by atoms with Crippen LogP contribution in [0, 0.1) is 10.1 Å². The zero-order valence-electron chi connectivity index (χ0n) is 11.4. The van der Waals surface area contributed by atoms with Crippen molar-refractivity contribution < 1.29 is 14.5 Å². The Hall–Kier alpha value is -1.95. The number of likely N-dealkylation sites (N-methyl/N-ethyl adjacent to an activating group) is 1. The molecule has 20 heavy (non-hydrogen) atoms. The topological polar surface area (TPSA) is 72.7 Å². The maximum Gasteiger partial charge on any atom is 0.270 e. The first-order valence-corrected chi connectivity index (χ1v) is 6.68. The molecule has 1 fully saturated rings. The van der Waals surface area contributed by atoms with E-state index in [9.17, 15) is 14.9 Å². The highest BCUT2D eigenvalue weighted by atomic mass is 16.6. The van der Waals surface area contributed by atoms with Gasteiger partial charge in [-0.3, -0.25) is 14.9 Å². The molecule has 0 N–H and O–H groups in total. The molecule has 0 bridgehead atoms. The number of hydrogen-bond donors (Lipinski definition) is 0. The normalized spacial score (nSPS) is 18.6. The molecule has 1 atom stereocenters. The van der Waals surface area contributed by atoms with Gasteiger partial charge in [0.15, 0.2) is 6.29 Å². The average molecular weight is 278 g/mol. The molecule has 108 valence electrons. The van der Waals surface area contributed by atoms with Crippen LogP contribution in [0.2, 0.25) is 0 Å². The van der Waals surface area contributed by atoms with Gasteiger partial charge in [0, 0.05) is 43.6 Å². The number of carbonyl (C=O) groups is 1. The lowest BCUT2D eigenvalue weighted by atomic mass is 10.1. The van der Waals surface area contributed by atoms with Gasteiger partial charge in [-0.1, -0.05) is 0 Å². The molecule has 1 unspecified atom stereocenters. The summed E-state index contributed by atoms with van der Waals surface area (Å²) in [6.45, 7) is 1.46. The number of hydrogen-bond acceptors (Lipinski definition) is 5. The summed E-state index contributed by atoms with van der Waals surface area (Å²) in [7, 11) is 1.87. The summed E-state index contributed by atoms with van der Waals surface area (Å²) in [5.41, 5.74) is 0.954. The number of ether oxygens (including phenoxy) is 1. The third-order valence-electron chi connectivity index (χ3n) is 3.51. The molecule has 0 amide bonds. The smallest absolute Gasteiger partial charge is 0.270 e. The quantitative estimate of drug-likeness (QED) is 0.470. The van der Waals surface area contributed by atoms with E-state index in [1.165, 1.54) is 12.1 Å². The number of rotatable bonds is 5. The summed E-state index contributed by atoms with van der Waals surface area (Å²) in [6, 6.07) is 4.34. The summed E-state index contributed by atoms with van der Waals surface area (Å²) in [5, 5.41) is 10.7. The molecule has 0 spiro atoms. The van der Waals surface area contributed by atoms with Crippen molar-refractivity contribution in [2.24, 2.45) is 0 Å². The Morgan fingerprint density at radius 1 is 1.50 bits per heavy atom. The van der Waals surface area contributed by atoms with E-state index >= 15 is 0 Å². The lowest BCUT2D eigenvalue weighted by molar-refractivity contribution is -0.384. The number of anilines is 1. The molecular formula is C14H18N2O4. The van der Waals surface area contributed by atoms with Crippen LogP contribution in [0.3, 0.4) is 0 Å². The maximum absolute atomic E-state index is 11.1. The minimum atomic E-state index is -0.499. The lowest BCUT2D eigenvalue weighted by Crippen LogP contribution is -2.33. The van der Waals surface area contributed by atoms with Crippen molar-refractivity contribution in [3.63, 3.8) is 0 Å². The SMILES string of the molecule is CN(CC1CCCCO1)c1ccc([N+](=O)[O-])cc1C=O. The Morgan fingerprint density at radius 2 is 2.30 bits per heavy atom. The van der Waals surface area contributed by atoms with Gasteiger partial charge in [-0.05, 0) is 25.3 Å². The first-order chi connectivity index (χ1) is 9.61. The van der Waals surface area contributed by atoms with Crippen LogP contribution in [0.25, 0.3) is 0 Å². The van der Waals surface area contributed by atoms with Gasteiger partial charge in [0.05, 0.1) is 11.0 Å². The fourth-order valence-electron chi connectivity index (χ4n) is 2.45. The van der Waals surface area contributed by atoms with Crippen molar-refractivity contribution >= 4 is 17.7 Å². The number of nitro groups is 1. The second kappa shape index (κ2) is 6.47. The highest BCUT2D eigenvalue weighted by Gasteiger charge is 2.19.